The molecule has 2 atom stereocenters. The van der Waals surface area contributed by atoms with Crippen LogP contribution in [0, 0.1) is 0 Å². The molecule has 0 bridgehead atoms. The minimum Gasteiger partial charge on any atom is -0.468 e. The van der Waals surface area contributed by atoms with Gasteiger partial charge in [0.15, 0.2) is 0 Å². The number of hydrogen-bond donors (Lipinski definition) is 1. The molecule has 0 spiro atoms. The van der Waals surface area contributed by atoms with E-state index < -0.39 is 22.0 Å². The highest BCUT2D eigenvalue weighted by Gasteiger charge is 2.43. The Hall–Kier alpha value is -1.44. The number of esters is 1. The summed E-state index contributed by atoms with van der Waals surface area (Å²) in [5.74, 6) is -0.576. The summed E-state index contributed by atoms with van der Waals surface area (Å²) in [5.41, 5.74) is 5.77. The average Bonchev–Trinajstić information content (AvgIpc) is 2.81. The molecule has 1 heterocycles. The van der Waals surface area contributed by atoms with Gasteiger partial charge < -0.3 is 10.5 Å². The van der Waals surface area contributed by atoms with Gasteiger partial charge in [0.2, 0.25) is 10.0 Å². The normalized spacial score (nSPS) is 24.3. The first-order chi connectivity index (χ1) is 8.96. The summed E-state index contributed by atoms with van der Waals surface area (Å²) in [5, 5.41) is 0. The maximum absolute atomic E-state index is 12.5. The van der Waals surface area contributed by atoms with Gasteiger partial charge in [-0.15, -0.1) is 0 Å². The average molecular weight is 284 g/mol. The fourth-order valence-electron chi connectivity index (χ4n) is 2.18. The Labute approximate surface area is 112 Å². The Kier molecular flexibility index (Phi) is 3.88. The Morgan fingerprint density at radius 1 is 1.37 bits per heavy atom. The van der Waals surface area contributed by atoms with Crippen molar-refractivity contribution >= 4 is 16.0 Å². The van der Waals surface area contributed by atoms with E-state index in [1.54, 1.807) is 18.2 Å². The van der Waals surface area contributed by atoms with Crippen molar-refractivity contribution in [1.82, 2.24) is 4.31 Å². The molecule has 1 aromatic carbocycles. The lowest BCUT2D eigenvalue weighted by atomic mass is 10.2. The molecule has 0 saturated carbocycles. The van der Waals surface area contributed by atoms with Crippen LogP contribution in [0.5, 0.6) is 0 Å². The number of benzene rings is 1. The zero-order valence-corrected chi connectivity index (χ0v) is 11.3. The van der Waals surface area contributed by atoms with E-state index in [9.17, 15) is 13.2 Å². The molecule has 1 aliphatic rings. The molecule has 2 rings (SSSR count). The first kappa shape index (κ1) is 14.0. The van der Waals surface area contributed by atoms with E-state index in [0.717, 1.165) is 4.31 Å². The van der Waals surface area contributed by atoms with Crippen molar-refractivity contribution < 1.29 is 17.9 Å². The molecule has 1 aromatic rings. The largest absolute Gasteiger partial charge is 0.468 e. The standard InChI is InChI=1S/C12H16N2O4S/c1-18-12(15)11-7-9(13)8-14(11)19(16,17)10-5-3-2-4-6-10/h2-6,9,11H,7-8,13H2,1H3/t9-,11-/m1/s1. The van der Waals surface area contributed by atoms with E-state index in [0.29, 0.717) is 0 Å². The van der Waals surface area contributed by atoms with Crippen LogP contribution in [0.25, 0.3) is 0 Å². The van der Waals surface area contributed by atoms with Crippen molar-refractivity contribution in [2.75, 3.05) is 13.7 Å². The Morgan fingerprint density at radius 3 is 2.58 bits per heavy atom. The molecule has 7 heteroatoms. The number of hydrogen-bond acceptors (Lipinski definition) is 5. The van der Waals surface area contributed by atoms with Crippen molar-refractivity contribution in [3.05, 3.63) is 30.3 Å². The van der Waals surface area contributed by atoms with E-state index >= 15 is 0 Å². The summed E-state index contributed by atoms with van der Waals surface area (Å²) in [6.45, 7) is 0.122. The van der Waals surface area contributed by atoms with Crippen LogP contribution in [0.1, 0.15) is 6.42 Å². The van der Waals surface area contributed by atoms with Gasteiger partial charge in [0.1, 0.15) is 6.04 Å². The Morgan fingerprint density at radius 2 is 2.00 bits per heavy atom. The maximum Gasteiger partial charge on any atom is 0.324 e. The first-order valence-corrected chi connectivity index (χ1v) is 7.31. The summed E-state index contributed by atoms with van der Waals surface area (Å²) in [7, 11) is -2.49. The summed E-state index contributed by atoms with van der Waals surface area (Å²) in [4.78, 5) is 11.8. The number of carbonyl (C=O) groups is 1. The fourth-order valence-corrected chi connectivity index (χ4v) is 3.85. The van der Waals surface area contributed by atoms with Gasteiger partial charge in [0, 0.05) is 12.6 Å². The molecule has 0 radical (unpaired) electrons. The number of ether oxygens (including phenoxy) is 1. The third kappa shape index (κ3) is 2.63. The van der Waals surface area contributed by atoms with E-state index in [1.807, 2.05) is 0 Å². The molecular weight excluding hydrogens is 268 g/mol. The highest BCUT2D eigenvalue weighted by Crippen LogP contribution is 2.26. The second-order valence-corrected chi connectivity index (χ2v) is 6.31. The second-order valence-electron chi connectivity index (χ2n) is 4.42. The van der Waals surface area contributed by atoms with Gasteiger partial charge in [-0.2, -0.15) is 4.31 Å². The molecule has 6 nitrogen and oxygen atoms in total. The second kappa shape index (κ2) is 5.28. The van der Waals surface area contributed by atoms with Gasteiger partial charge in [0.05, 0.1) is 12.0 Å². The third-order valence-corrected chi connectivity index (χ3v) is 5.00. The summed E-state index contributed by atoms with van der Waals surface area (Å²) < 4.78 is 30.7. The lowest BCUT2D eigenvalue weighted by Gasteiger charge is -2.21. The maximum atomic E-state index is 12.5. The summed E-state index contributed by atoms with van der Waals surface area (Å²) in [6.07, 6.45) is 0.277. The Balaban J connectivity index is 2.36. The van der Waals surface area contributed by atoms with Crippen LogP contribution in [0.4, 0.5) is 0 Å². The van der Waals surface area contributed by atoms with Crippen LogP contribution < -0.4 is 5.73 Å². The van der Waals surface area contributed by atoms with Crippen molar-refractivity contribution in [3.63, 3.8) is 0 Å². The molecule has 0 aliphatic carbocycles. The zero-order valence-electron chi connectivity index (χ0n) is 10.5. The molecule has 0 amide bonds. The summed E-state index contributed by atoms with van der Waals surface area (Å²) in [6, 6.07) is 6.78. The summed E-state index contributed by atoms with van der Waals surface area (Å²) >= 11 is 0. The van der Waals surface area contributed by atoms with Gasteiger partial charge in [0.25, 0.3) is 0 Å². The molecule has 19 heavy (non-hydrogen) atoms. The topological polar surface area (TPSA) is 89.7 Å². The third-order valence-electron chi connectivity index (χ3n) is 3.11. The molecule has 0 unspecified atom stereocenters. The number of sulfonamides is 1. The van der Waals surface area contributed by atoms with Gasteiger partial charge in [-0.25, -0.2) is 8.42 Å². The van der Waals surface area contributed by atoms with Crippen molar-refractivity contribution in [2.45, 2.75) is 23.4 Å². The smallest absolute Gasteiger partial charge is 0.324 e. The van der Waals surface area contributed by atoms with Crippen LogP contribution in [-0.2, 0) is 19.6 Å². The highest BCUT2D eigenvalue weighted by atomic mass is 32.2. The zero-order chi connectivity index (χ0) is 14.0. The van der Waals surface area contributed by atoms with Crippen LogP contribution in [0.3, 0.4) is 0 Å². The molecule has 1 aliphatic heterocycles. The lowest BCUT2D eigenvalue weighted by molar-refractivity contribution is -0.144. The number of rotatable bonds is 3. The SMILES string of the molecule is COC(=O)[C@H]1C[C@@H](N)CN1S(=O)(=O)c1ccccc1. The van der Waals surface area contributed by atoms with Crippen molar-refractivity contribution in [3.8, 4) is 0 Å². The molecule has 1 fully saturated rings. The molecule has 0 aromatic heterocycles. The molecule has 104 valence electrons. The van der Waals surface area contributed by atoms with Crippen LogP contribution in [0.15, 0.2) is 35.2 Å². The lowest BCUT2D eigenvalue weighted by Crippen LogP contribution is -2.41. The van der Waals surface area contributed by atoms with Crippen LogP contribution in [0.2, 0.25) is 0 Å². The number of methoxy groups -OCH3 is 1. The fraction of sp³-hybridized carbons (Fsp3) is 0.417. The quantitative estimate of drug-likeness (QED) is 0.786. The van der Waals surface area contributed by atoms with Gasteiger partial charge >= 0.3 is 5.97 Å². The molecular formula is C12H16N2O4S. The van der Waals surface area contributed by atoms with Crippen molar-refractivity contribution in [1.29, 1.82) is 0 Å². The van der Waals surface area contributed by atoms with E-state index in [2.05, 4.69) is 4.74 Å². The van der Waals surface area contributed by atoms with E-state index in [1.165, 1.54) is 19.2 Å². The predicted molar refractivity (Wildman–Crippen MR) is 68.7 cm³/mol. The van der Waals surface area contributed by atoms with E-state index in [-0.39, 0.29) is 23.9 Å². The predicted octanol–water partition coefficient (Wildman–Crippen LogP) is -0.0501. The first-order valence-electron chi connectivity index (χ1n) is 5.87. The Bertz CT molecular complexity index is 558. The molecule has 1 saturated heterocycles. The monoisotopic (exact) mass is 284 g/mol. The number of nitrogens with two attached hydrogens (primary N) is 1. The van der Waals surface area contributed by atoms with Gasteiger partial charge in [-0.05, 0) is 18.6 Å². The van der Waals surface area contributed by atoms with Gasteiger partial charge in [-0.3, -0.25) is 4.79 Å². The number of nitrogens with zero attached hydrogens (tertiary/aromatic N) is 1. The molecule has 2 N–H and O–H groups in total. The number of carbonyl (C=O) groups excluding carboxylic acids is 1. The minimum atomic E-state index is -3.72. The van der Waals surface area contributed by atoms with Crippen LogP contribution in [-0.4, -0.2) is 44.4 Å². The van der Waals surface area contributed by atoms with E-state index in [4.69, 9.17) is 5.73 Å². The van der Waals surface area contributed by atoms with Crippen LogP contribution >= 0.6 is 0 Å². The highest BCUT2D eigenvalue weighted by molar-refractivity contribution is 7.89. The van der Waals surface area contributed by atoms with Gasteiger partial charge in [-0.1, -0.05) is 18.2 Å². The minimum absolute atomic E-state index is 0.122. The van der Waals surface area contributed by atoms with Crippen molar-refractivity contribution in [2.24, 2.45) is 5.73 Å².